The van der Waals surface area contributed by atoms with E-state index in [1.54, 1.807) is 24.4 Å². The van der Waals surface area contributed by atoms with Crippen LogP contribution in [0.3, 0.4) is 0 Å². The number of primary amides is 1. The van der Waals surface area contributed by atoms with Gasteiger partial charge in [-0.15, -0.1) is 0 Å². The number of fused-ring (bicyclic) bond motifs is 1. The van der Waals surface area contributed by atoms with E-state index in [-0.39, 0.29) is 17.3 Å². The zero-order chi connectivity index (χ0) is 34.3. The molecule has 0 fully saturated rings. The maximum Gasteiger partial charge on any atom is 0.251 e. The Labute approximate surface area is 280 Å². The molecule has 7 N–H and O–H groups in total. The predicted molar refractivity (Wildman–Crippen MR) is 188 cm³/mol. The van der Waals surface area contributed by atoms with Crippen LogP contribution in [0.15, 0.2) is 91.1 Å². The molecule has 2 aromatic heterocycles. The van der Waals surface area contributed by atoms with Gasteiger partial charge in [-0.25, -0.2) is 4.98 Å². The number of benzene rings is 3. The third-order valence-electron chi connectivity index (χ3n) is 8.00. The Morgan fingerprint density at radius 3 is 2.40 bits per heavy atom. The van der Waals surface area contributed by atoms with E-state index in [9.17, 15) is 9.59 Å². The molecule has 248 valence electrons. The van der Waals surface area contributed by atoms with Crippen molar-refractivity contribution in [3.05, 3.63) is 108 Å². The summed E-state index contributed by atoms with van der Waals surface area (Å²) in [5.74, 6) is 0.897. The minimum absolute atomic E-state index is 0.0246. The number of nitrogens with zero attached hydrogens (tertiary/aromatic N) is 3. The Morgan fingerprint density at radius 2 is 1.71 bits per heavy atom. The van der Waals surface area contributed by atoms with Crippen LogP contribution in [0.25, 0.3) is 22.4 Å². The molecule has 0 spiro atoms. The molecule has 48 heavy (non-hydrogen) atoms. The van der Waals surface area contributed by atoms with Gasteiger partial charge >= 0.3 is 0 Å². The number of amides is 2. The van der Waals surface area contributed by atoms with E-state index in [2.05, 4.69) is 48.5 Å². The van der Waals surface area contributed by atoms with E-state index in [0.717, 1.165) is 5.69 Å². The van der Waals surface area contributed by atoms with Crippen LogP contribution in [-0.2, 0) is 16.6 Å². The second-order valence-corrected chi connectivity index (χ2v) is 12.6. The highest BCUT2D eigenvalue weighted by molar-refractivity contribution is 5.98. The lowest BCUT2D eigenvalue weighted by Gasteiger charge is -2.20. The number of aromatic nitrogens is 3. The summed E-state index contributed by atoms with van der Waals surface area (Å²) in [4.78, 5) is 35.3. The first kappa shape index (κ1) is 33.6. The minimum atomic E-state index is -0.758. The Balaban J connectivity index is 1.47. The Morgan fingerprint density at radius 1 is 0.917 bits per heavy atom. The largest absolute Gasteiger partial charge is 0.457 e. The van der Waals surface area contributed by atoms with Crippen LogP contribution in [0.2, 0.25) is 0 Å². The van der Waals surface area contributed by atoms with Gasteiger partial charge in [0, 0.05) is 42.5 Å². The first-order valence-corrected chi connectivity index (χ1v) is 16.0. The first-order valence-electron chi connectivity index (χ1n) is 16.0. The monoisotopic (exact) mass is 646 g/mol. The fourth-order valence-corrected chi connectivity index (χ4v) is 5.49. The molecule has 2 heterocycles. The summed E-state index contributed by atoms with van der Waals surface area (Å²) < 4.78 is 8.05. The lowest BCUT2D eigenvalue weighted by atomic mass is 9.87. The second kappa shape index (κ2) is 14.8. The topological polar surface area (TPSA) is 174 Å². The van der Waals surface area contributed by atoms with Gasteiger partial charge in [0.2, 0.25) is 5.91 Å². The summed E-state index contributed by atoms with van der Waals surface area (Å²) in [5, 5.41) is 13.2. The predicted octanol–water partition coefficient (Wildman–Crippen LogP) is 5.45. The van der Waals surface area contributed by atoms with Crippen LogP contribution in [-0.4, -0.2) is 45.4 Å². The van der Waals surface area contributed by atoms with Gasteiger partial charge in [-0.3, -0.25) is 20.0 Å². The van der Waals surface area contributed by atoms with Crippen molar-refractivity contribution in [2.24, 2.45) is 11.5 Å². The molecular formula is C37H42N8O3. The van der Waals surface area contributed by atoms with Crippen LogP contribution in [0, 0.1) is 5.41 Å². The maximum atomic E-state index is 13.1. The number of nitrogens with two attached hydrogens (primary N) is 2. The molecule has 0 radical (unpaired) electrons. The highest BCUT2D eigenvalue weighted by Crippen LogP contribution is 2.34. The van der Waals surface area contributed by atoms with Crippen LogP contribution in [0.1, 0.15) is 61.3 Å². The molecule has 0 aliphatic heterocycles. The molecule has 2 amide bonds. The van der Waals surface area contributed by atoms with Gasteiger partial charge in [0.1, 0.15) is 23.4 Å². The molecule has 0 unspecified atom stereocenters. The average molecular weight is 647 g/mol. The van der Waals surface area contributed by atoms with Crippen LogP contribution >= 0.6 is 0 Å². The van der Waals surface area contributed by atoms with E-state index < -0.39 is 11.9 Å². The third kappa shape index (κ3) is 8.35. The van der Waals surface area contributed by atoms with E-state index in [0.29, 0.717) is 71.8 Å². The first-order chi connectivity index (χ1) is 23.0. The van der Waals surface area contributed by atoms with E-state index in [4.69, 9.17) is 26.6 Å². The molecule has 5 rings (SSSR count). The Bertz CT molecular complexity index is 1900. The molecule has 5 aromatic rings. The van der Waals surface area contributed by atoms with Gasteiger partial charge in [0.05, 0.1) is 11.0 Å². The number of rotatable bonds is 13. The number of carbonyl (C=O) groups is 2. The normalized spacial score (nSPS) is 12.0. The maximum absolute atomic E-state index is 13.1. The molecule has 0 bridgehead atoms. The number of guanidine groups is 1. The highest BCUT2D eigenvalue weighted by atomic mass is 16.5. The van der Waals surface area contributed by atoms with Crippen molar-refractivity contribution in [2.75, 3.05) is 13.1 Å². The highest BCUT2D eigenvalue weighted by Gasteiger charge is 2.25. The number of hydrogen-bond donors (Lipinski definition) is 5. The van der Waals surface area contributed by atoms with Crippen molar-refractivity contribution in [3.8, 4) is 22.9 Å². The van der Waals surface area contributed by atoms with Gasteiger partial charge in [-0.2, -0.15) is 0 Å². The lowest BCUT2D eigenvalue weighted by molar-refractivity contribution is -0.121. The summed E-state index contributed by atoms with van der Waals surface area (Å²) >= 11 is 0. The molecular weight excluding hydrogens is 604 g/mol. The molecule has 0 aliphatic carbocycles. The second-order valence-electron chi connectivity index (χ2n) is 12.6. The van der Waals surface area contributed by atoms with Gasteiger partial charge in [-0.1, -0.05) is 51.1 Å². The van der Waals surface area contributed by atoms with Gasteiger partial charge in [0.25, 0.3) is 5.91 Å². The van der Waals surface area contributed by atoms with Crippen molar-refractivity contribution in [1.29, 1.82) is 5.41 Å². The minimum Gasteiger partial charge on any atom is -0.457 e. The fraction of sp³-hybridized carbons (Fsp3) is 0.270. The van der Waals surface area contributed by atoms with E-state index in [1.807, 2.05) is 59.2 Å². The smallest absolute Gasteiger partial charge is 0.251 e. The summed E-state index contributed by atoms with van der Waals surface area (Å²) in [6.45, 7) is 7.32. The summed E-state index contributed by atoms with van der Waals surface area (Å²) in [7, 11) is 0. The number of carbonyl (C=O) groups excluding carboxylic acids is 2. The SMILES string of the molecule is CC(C)(C)c1ccc(Oc2cccc(-c3nc4cc(C(=O)NCCc5ccccn5)ccc4n3[C@@H](CCCNC(=N)N)C(N)=O)c2)cc1. The fourth-order valence-electron chi connectivity index (χ4n) is 5.49. The van der Waals surface area contributed by atoms with Crippen LogP contribution in [0.5, 0.6) is 11.5 Å². The van der Waals surface area contributed by atoms with Crippen molar-refractivity contribution in [1.82, 2.24) is 25.2 Å². The number of pyridine rings is 1. The molecule has 1 atom stereocenters. The standard InChI is InChI=1S/C37H42N8O3/c1-37(2,3)26-13-15-28(16-14-26)48-29-10-6-8-24(22-29)34-44-30-23-25(35(47)42-21-18-27-9-4-5-19-41-27)12-17-31(30)45(34)32(33(38)46)11-7-20-43-36(39)40/h4-6,8-10,12-17,19,22-23,32H,7,11,18,20-21H2,1-3H3,(H2,38,46)(H,42,47)(H4,39,40,43)/t32-/m0/s1. The molecule has 0 saturated carbocycles. The van der Waals surface area contributed by atoms with Gasteiger partial charge in [-0.05, 0) is 78.4 Å². The van der Waals surface area contributed by atoms with Crippen LogP contribution in [0.4, 0.5) is 0 Å². The zero-order valence-electron chi connectivity index (χ0n) is 27.5. The zero-order valence-corrected chi connectivity index (χ0v) is 27.5. The quantitative estimate of drug-likeness (QED) is 0.0642. The molecule has 3 aromatic carbocycles. The van der Waals surface area contributed by atoms with Crippen molar-refractivity contribution in [2.45, 2.75) is 51.5 Å². The van der Waals surface area contributed by atoms with E-state index >= 15 is 0 Å². The summed E-state index contributed by atoms with van der Waals surface area (Å²) in [6, 6.07) is 25.7. The Hall–Kier alpha value is -5.71. The Kier molecular flexibility index (Phi) is 10.4. The molecule has 0 aliphatic rings. The molecule has 11 heteroatoms. The van der Waals surface area contributed by atoms with Crippen molar-refractivity contribution < 1.29 is 14.3 Å². The molecule has 11 nitrogen and oxygen atoms in total. The van der Waals surface area contributed by atoms with Crippen LogP contribution < -0.4 is 26.8 Å². The number of ether oxygens (including phenoxy) is 1. The third-order valence-corrected chi connectivity index (χ3v) is 8.00. The summed E-state index contributed by atoms with van der Waals surface area (Å²) in [5.41, 5.74) is 15.9. The van der Waals surface area contributed by atoms with Gasteiger partial charge < -0.3 is 31.4 Å². The summed E-state index contributed by atoms with van der Waals surface area (Å²) in [6.07, 6.45) is 3.23. The lowest BCUT2D eigenvalue weighted by Crippen LogP contribution is -2.32. The van der Waals surface area contributed by atoms with Gasteiger partial charge in [0.15, 0.2) is 5.96 Å². The molecule has 0 saturated heterocycles. The number of hydrogen-bond acceptors (Lipinski definition) is 6. The van der Waals surface area contributed by atoms with E-state index in [1.165, 1.54) is 5.56 Å². The van der Waals surface area contributed by atoms with Crippen molar-refractivity contribution in [3.63, 3.8) is 0 Å². The number of imidazole rings is 1. The van der Waals surface area contributed by atoms with Crippen molar-refractivity contribution >= 4 is 28.8 Å². The average Bonchev–Trinajstić information content (AvgIpc) is 3.43. The number of nitrogens with one attached hydrogen (secondary N) is 3.